The van der Waals surface area contributed by atoms with Crippen molar-refractivity contribution < 1.29 is 9.53 Å². The van der Waals surface area contributed by atoms with Crippen LogP contribution in [0.25, 0.3) is 0 Å². The lowest BCUT2D eigenvalue weighted by atomic mass is 10.1. The minimum Gasteiger partial charge on any atom is -0.444 e. The van der Waals surface area contributed by atoms with Crippen molar-refractivity contribution in [2.24, 2.45) is 16.6 Å². The van der Waals surface area contributed by atoms with Crippen LogP contribution in [0, 0.1) is 19.8 Å². The van der Waals surface area contributed by atoms with E-state index in [1.807, 2.05) is 32.9 Å². The fraction of sp³-hybridized carbons (Fsp3) is 0.579. The van der Waals surface area contributed by atoms with Gasteiger partial charge in [0.15, 0.2) is 5.96 Å². The van der Waals surface area contributed by atoms with Gasteiger partial charge in [-0.1, -0.05) is 6.07 Å². The average molecular weight is 346 g/mol. The van der Waals surface area contributed by atoms with Crippen molar-refractivity contribution >= 4 is 17.7 Å². The molecular weight excluding hydrogens is 316 g/mol. The molecule has 0 bridgehead atoms. The molecule has 1 amide bonds. The molecule has 1 fully saturated rings. The molecule has 1 aliphatic heterocycles. The lowest BCUT2D eigenvalue weighted by Crippen LogP contribution is -2.35. The Balaban J connectivity index is 1.84. The van der Waals surface area contributed by atoms with E-state index < -0.39 is 5.60 Å². The maximum absolute atomic E-state index is 12.1. The lowest BCUT2D eigenvalue weighted by molar-refractivity contribution is 0.0289. The zero-order chi connectivity index (χ0) is 18.6. The highest BCUT2D eigenvalue weighted by atomic mass is 16.6. The van der Waals surface area contributed by atoms with Crippen molar-refractivity contribution in [2.75, 3.05) is 25.0 Å². The van der Waals surface area contributed by atoms with Crippen LogP contribution in [0.3, 0.4) is 0 Å². The quantitative estimate of drug-likeness (QED) is 0.650. The smallest absolute Gasteiger partial charge is 0.410 e. The Kier molecular flexibility index (Phi) is 5.93. The number of aliphatic imine (C=N–C) groups is 1. The molecule has 1 saturated heterocycles. The number of nitrogens with one attached hydrogen (secondary N) is 1. The molecule has 1 unspecified atom stereocenters. The SMILES string of the molecule is Cc1cc(C)cc(NC(N)=NCC2CCN(C(=O)OC(C)(C)C)C2)c1. The molecule has 1 aromatic carbocycles. The second kappa shape index (κ2) is 7.76. The van der Waals surface area contributed by atoms with E-state index in [1.54, 1.807) is 4.90 Å². The first-order valence-corrected chi connectivity index (χ1v) is 8.75. The topological polar surface area (TPSA) is 80.0 Å². The Morgan fingerprint density at radius 1 is 1.32 bits per heavy atom. The molecule has 6 heteroatoms. The summed E-state index contributed by atoms with van der Waals surface area (Å²) in [5.74, 6) is 0.716. The monoisotopic (exact) mass is 346 g/mol. The lowest BCUT2D eigenvalue weighted by Gasteiger charge is -2.24. The van der Waals surface area contributed by atoms with E-state index in [-0.39, 0.29) is 6.09 Å². The minimum atomic E-state index is -0.465. The highest BCUT2D eigenvalue weighted by Crippen LogP contribution is 2.20. The zero-order valence-electron chi connectivity index (χ0n) is 15.9. The molecule has 6 nitrogen and oxygen atoms in total. The number of carbonyl (C=O) groups is 1. The van der Waals surface area contributed by atoms with E-state index in [9.17, 15) is 4.79 Å². The van der Waals surface area contributed by atoms with Gasteiger partial charge in [0.2, 0.25) is 0 Å². The van der Waals surface area contributed by atoms with Crippen LogP contribution in [0.2, 0.25) is 0 Å². The first-order chi connectivity index (χ1) is 11.6. The van der Waals surface area contributed by atoms with Crippen molar-refractivity contribution in [3.63, 3.8) is 0 Å². The number of amides is 1. The Bertz CT molecular complexity index is 629. The highest BCUT2D eigenvalue weighted by molar-refractivity contribution is 5.92. The normalized spacial score (nSPS) is 18.4. The van der Waals surface area contributed by atoms with Crippen LogP contribution in [-0.4, -0.2) is 42.2 Å². The molecule has 138 valence electrons. The zero-order valence-corrected chi connectivity index (χ0v) is 15.9. The number of hydrogen-bond donors (Lipinski definition) is 2. The predicted octanol–water partition coefficient (Wildman–Crippen LogP) is 3.29. The molecule has 0 radical (unpaired) electrons. The molecule has 1 aliphatic rings. The van der Waals surface area contributed by atoms with Gasteiger partial charge in [-0.05, 0) is 70.2 Å². The number of anilines is 1. The fourth-order valence-electron chi connectivity index (χ4n) is 2.94. The maximum Gasteiger partial charge on any atom is 0.410 e. The largest absolute Gasteiger partial charge is 0.444 e. The summed E-state index contributed by atoms with van der Waals surface area (Å²) in [4.78, 5) is 18.3. The van der Waals surface area contributed by atoms with Crippen molar-refractivity contribution in [3.05, 3.63) is 29.3 Å². The third kappa shape index (κ3) is 6.29. The van der Waals surface area contributed by atoms with Gasteiger partial charge in [-0.3, -0.25) is 4.99 Å². The van der Waals surface area contributed by atoms with E-state index in [4.69, 9.17) is 10.5 Å². The standard InChI is InChI=1S/C19H30N4O2/c1-13-8-14(2)10-16(9-13)22-17(20)21-11-15-6-7-23(12-15)18(24)25-19(3,4)5/h8-10,15H,6-7,11-12H2,1-5H3,(H3,20,21,22). The molecule has 0 spiro atoms. The number of nitrogens with zero attached hydrogens (tertiary/aromatic N) is 2. The average Bonchev–Trinajstić information content (AvgIpc) is 2.91. The first kappa shape index (κ1) is 19.1. The summed E-state index contributed by atoms with van der Waals surface area (Å²) in [6.07, 6.45) is 0.667. The Hall–Kier alpha value is -2.24. The highest BCUT2D eigenvalue weighted by Gasteiger charge is 2.29. The summed E-state index contributed by atoms with van der Waals surface area (Å²) in [5, 5.41) is 3.14. The van der Waals surface area contributed by atoms with E-state index in [0.717, 1.165) is 12.1 Å². The Morgan fingerprint density at radius 2 is 1.96 bits per heavy atom. The summed E-state index contributed by atoms with van der Waals surface area (Å²) in [6.45, 7) is 11.7. The van der Waals surface area contributed by atoms with Gasteiger partial charge >= 0.3 is 6.09 Å². The summed E-state index contributed by atoms with van der Waals surface area (Å²) >= 11 is 0. The Labute approximate surface area is 150 Å². The molecular formula is C19H30N4O2. The molecule has 1 atom stereocenters. The van der Waals surface area contributed by atoms with E-state index in [1.165, 1.54) is 11.1 Å². The maximum atomic E-state index is 12.1. The van der Waals surface area contributed by atoms with Gasteiger partial charge < -0.3 is 20.7 Å². The van der Waals surface area contributed by atoms with Crippen LogP contribution in [0.1, 0.15) is 38.3 Å². The minimum absolute atomic E-state index is 0.250. The van der Waals surface area contributed by atoms with Gasteiger partial charge in [0, 0.05) is 25.3 Å². The second-order valence-electron chi connectivity index (χ2n) is 7.81. The van der Waals surface area contributed by atoms with Crippen molar-refractivity contribution in [1.82, 2.24) is 4.90 Å². The number of aryl methyl sites for hydroxylation is 2. The predicted molar refractivity (Wildman–Crippen MR) is 102 cm³/mol. The molecule has 2 rings (SSSR count). The first-order valence-electron chi connectivity index (χ1n) is 8.75. The van der Waals surface area contributed by atoms with E-state index in [2.05, 4.69) is 30.2 Å². The Morgan fingerprint density at radius 3 is 2.56 bits per heavy atom. The second-order valence-corrected chi connectivity index (χ2v) is 7.81. The van der Waals surface area contributed by atoms with E-state index >= 15 is 0 Å². The molecule has 0 aromatic heterocycles. The van der Waals surface area contributed by atoms with Crippen LogP contribution < -0.4 is 11.1 Å². The van der Waals surface area contributed by atoms with Crippen molar-refractivity contribution in [1.29, 1.82) is 0 Å². The molecule has 25 heavy (non-hydrogen) atoms. The van der Waals surface area contributed by atoms with Crippen LogP contribution in [0.5, 0.6) is 0 Å². The summed E-state index contributed by atoms with van der Waals surface area (Å²) in [6, 6.07) is 6.19. The van der Waals surface area contributed by atoms with Gasteiger partial charge in [-0.2, -0.15) is 0 Å². The van der Waals surface area contributed by atoms with Crippen LogP contribution >= 0.6 is 0 Å². The third-order valence-corrected chi connectivity index (χ3v) is 3.95. The molecule has 0 saturated carbocycles. The number of likely N-dealkylation sites (tertiary alicyclic amines) is 1. The summed E-state index contributed by atoms with van der Waals surface area (Å²) < 4.78 is 5.41. The van der Waals surface area contributed by atoms with E-state index in [0.29, 0.717) is 31.5 Å². The summed E-state index contributed by atoms with van der Waals surface area (Å²) in [5.41, 5.74) is 8.84. The fourth-order valence-corrected chi connectivity index (χ4v) is 2.94. The van der Waals surface area contributed by atoms with Crippen molar-refractivity contribution in [2.45, 2.75) is 46.6 Å². The summed E-state index contributed by atoms with van der Waals surface area (Å²) in [7, 11) is 0. The molecule has 1 aromatic rings. The van der Waals surface area contributed by atoms with Crippen LogP contribution in [-0.2, 0) is 4.74 Å². The molecule has 3 N–H and O–H groups in total. The van der Waals surface area contributed by atoms with Crippen molar-refractivity contribution in [3.8, 4) is 0 Å². The number of nitrogens with two attached hydrogens (primary N) is 1. The number of benzene rings is 1. The van der Waals surface area contributed by atoms with Crippen LogP contribution in [0.15, 0.2) is 23.2 Å². The van der Waals surface area contributed by atoms with Gasteiger partial charge in [-0.15, -0.1) is 0 Å². The number of guanidine groups is 1. The third-order valence-electron chi connectivity index (χ3n) is 3.95. The number of hydrogen-bond acceptors (Lipinski definition) is 3. The molecule has 1 heterocycles. The number of rotatable bonds is 3. The molecule has 0 aliphatic carbocycles. The van der Waals surface area contributed by atoms with Gasteiger partial charge in [-0.25, -0.2) is 4.79 Å². The van der Waals surface area contributed by atoms with Gasteiger partial charge in [0.1, 0.15) is 5.60 Å². The number of ether oxygens (including phenoxy) is 1. The van der Waals surface area contributed by atoms with Crippen LogP contribution in [0.4, 0.5) is 10.5 Å². The van der Waals surface area contributed by atoms with Gasteiger partial charge in [0.25, 0.3) is 0 Å². The van der Waals surface area contributed by atoms with Gasteiger partial charge in [0.05, 0.1) is 0 Å². The number of carbonyl (C=O) groups excluding carboxylic acids is 1.